The molecule has 0 spiro atoms. The fraction of sp³-hybridized carbons (Fsp3) is 0.500. The summed E-state index contributed by atoms with van der Waals surface area (Å²) in [5, 5.41) is 12.2. The van der Waals surface area contributed by atoms with Crippen LogP contribution in [0.4, 0.5) is 0 Å². The van der Waals surface area contributed by atoms with Crippen LogP contribution in [0.5, 0.6) is 5.75 Å². The Morgan fingerprint density at radius 2 is 1.94 bits per heavy atom. The first-order chi connectivity index (χ1) is 8.40. The van der Waals surface area contributed by atoms with Crippen molar-refractivity contribution < 1.29 is 14.6 Å². The molecule has 0 radical (unpaired) electrons. The van der Waals surface area contributed by atoms with Crippen molar-refractivity contribution in [2.45, 2.75) is 32.3 Å². The predicted octanol–water partition coefficient (Wildman–Crippen LogP) is 1.51. The molecule has 0 aliphatic rings. The van der Waals surface area contributed by atoms with Crippen molar-refractivity contribution in [1.29, 1.82) is 0 Å². The van der Waals surface area contributed by atoms with E-state index in [1.54, 1.807) is 21.0 Å². The average Bonchev–Trinajstić information content (AvgIpc) is 2.33. The summed E-state index contributed by atoms with van der Waals surface area (Å²) in [6, 6.07) is 7.65. The summed E-state index contributed by atoms with van der Waals surface area (Å²) >= 11 is 0. The van der Waals surface area contributed by atoms with E-state index in [9.17, 15) is 9.90 Å². The Balaban J connectivity index is 2.33. The Morgan fingerprint density at radius 1 is 1.33 bits per heavy atom. The van der Waals surface area contributed by atoms with Gasteiger partial charge in [-0.25, -0.2) is 0 Å². The normalized spacial score (nSPS) is 11.1. The smallest absolute Gasteiger partial charge is 0.220 e. The lowest BCUT2D eigenvalue weighted by molar-refractivity contribution is -0.122. The highest BCUT2D eigenvalue weighted by molar-refractivity contribution is 5.76. The highest BCUT2D eigenvalue weighted by Gasteiger charge is 2.13. The zero-order valence-corrected chi connectivity index (χ0v) is 11.2. The van der Waals surface area contributed by atoms with E-state index in [4.69, 9.17) is 4.74 Å². The molecule has 0 atom stereocenters. The molecule has 0 unspecified atom stereocenters. The Labute approximate surface area is 108 Å². The lowest BCUT2D eigenvalue weighted by atomic mass is 10.1. The van der Waals surface area contributed by atoms with Crippen LogP contribution in [-0.2, 0) is 11.2 Å². The third-order valence-corrected chi connectivity index (χ3v) is 2.52. The van der Waals surface area contributed by atoms with Gasteiger partial charge in [0.1, 0.15) is 5.75 Å². The van der Waals surface area contributed by atoms with E-state index in [0.29, 0.717) is 12.8 Å². The number of carbonyl (C=O) groups excluding carboxylic acids is 1. The number of ether oxygens (including phenoxy) is 1. The van der Waals surface area contributed by atoms with Gasteiger partial charge < -0.3 is 15.2 Å². The summed E-state index contributed by atoms with van der Waals surface area (Å²) in [5.41, 5.74) is 0.227. The van der Waals surface area contributed by atoms with E-state index in [2.05, 4.69) is 5.32 Å². The molecule has 0 aliphatic carbocycles. The van der Waals surface area contributed by atoms with Crippen molar-refractivity contribution in [1.82, 2.24) is 5.32 Å². The number of hydrogen-bond donors (Lipinski definition) is 2. The van der Waals surface area contributed by atoms with Crippen molar-refractivity contribution >= 4 is 5.91 Å². The highest BCUT2D eigenvalue weighted by Crippen LogP contribution is 2.12. The second-order valence-corrected chi connectivity index (χ2v) is 4.94. The van der Waals surface area contributed by atoms with Crippen LogP contribution in [0.2, 0.25) is 0 Å². The summed E-state index contributed by atoms with van der Waals surface area (Å²) in [5.74, 6) is 0.762. The quantitative estimate of drug-likeness (QED) is 0.806. The zero-order chi connectivity index (χ0) is 13.6. The molecule has 0 bridgehead atoms. The molecule has 18 heavy (non-hydrogen) atoms. The van der Waals surface area contributed by atoms with E-state index < -0.39 is 5.60 Å². The van der Waals surface area contributed by atoms with Crippen molar-refractivity contribution in [3.8, 4) is 5.75 Å². The third-order valence-electron chi connectivity index (χ3n) is 2.52. The molecule has 1 aromatic rings. The van der Waals surface area contributed by atoms with Crippen LogP contribution < -0.4 is 10.1 Å². The van der Waals surface area contributed by atoms with Crippen molar-refractivity contribution in [2.75, 3.05) is 13.7 Å². The van der Waals surface area contributed by atoms with E-state index in [-0.39, 0.29) is 12.5 Å². The molecule has 2 N–H and O–H groups in total. The van der Waals surface area contributed by atoms with Crippen LogP contribution >= 0.6 is 0 Å². The molecule has 1 aromatic carbocycles. The van der Waals surface area contributed by atoms with Crippen LogP contribution in [0.3, 0.4) is 0 Å². The molecule has 0 saturated heterocycles. The third kappa shape index (κ3) is 5.68. The minimum Gasteiger partial charge on any atom is -0.497 e. The first-order valence-electron chi connectivity index (χ1n) is 6.03. The largest absolute Gasteiger partial charge is 0.497 e. The maximum Gasteiger partial charge on any atom is 0.220 e. The van der Waals surface area contributed by atoms with Crippen LogP contribution in [-0.4, -0.2) is 30.3 Å². The molecule has 4 nitrogen and oxygen atoms in total. The van der Waals surface area contributed by atoms with Crippen LogP contribution in [0.25, 0.3) is 0 Å². The van der Waals surface area contributed by atoms with Gasteiger partial charge in [0.25, 0.3) is 0 Å². The topological polar surface area (TPSA) is 58.6 Å². The minimum absolute atomic E-state index is 0.0482. The van der Waals surface area contributed by atoms with Gasteiger partial charge in [-0.15, -0.1) is 0 Å². The first kappa shape index (κ1) is 14.5. The van der Waals surface area contributed by atoms with Gasteiger partial charge in [-0.2, -0.15) is 0 Å². The number of benzene rings is 1. The van der Waals surface area contributed by atoms with Crippen LogP contribution in [0, 0.1) is 0 Å². The molecule has 1 amide bonds. The van der Waals surface area contributed by atoms with Gasteiger partial charge in [0.15, 0.2) is 0 Å². The van der Waals surface area contributed by atoms with Crippen molar-refractivity contribution in [3.63, 3.8) is 0 Å². The van der Waals surface area contributed by atoms with E-state index in [1.807, 2.05) is 24.3 Å². The van der Waals surface area contributed by atoms with Crippen LogP contribution in [0.15, 0.2) is 24.3 Å². The van der Waals surface area contributed by atoms with Gasteiger partial charge in [-0.3, -0.25) is 4.79 Å². The lowest BCUT2D eigenvalue weighted by Gasteiger charge is -2.17. The fourth-order valence-electron chi connectivity index (χ4n) is 1.45. The van der Waals surface area contributed by atoms with E-state index in [1.165, 1.54) is 0 Å². The van der Waals surface area contributed by atoms with E-state index in [0.717, 1.165) is 11.3 Å². The van der Waals surface area contributed by atoms with Crippen molar-refractivity contribution in [2.24, 2.45) is 0 Å². The Bertz CT molecular complexity index is 379. The molecule has 4 heteroatoms. The maximum atomic E-state index is 11.5. The molecule has 0 saturated carbocycles. The fourth-order valence-corrected chi connectivity index (χ4v) is 1.45. The Kier molecular flexibility index (Phi) is 5.16. The highest BCUT2D eigenvalue weighted by atomic mass is 16.5. The number of nitrogens with one attached hydrogen (secondary N) is 1. The van der Waals surface area contributed by atoms with Gasteiger partial charge in [-0.1, -0.05) is 12.1 Å². The second kappa shape index (κ2) is 6.40. The van der Waals surface area contributed by atoms with Gasteiger partial charge in [-0.05, 0) is 38.0 Å². The van der Waals surface area contributed by atoms with E-state index >= 15 is 0 Å². The monoisotopic (exact) mass is 251 g/mol. The van der Waals surface area contributed by atoms with Crippen LogP contribution in [0.1, 0.15) is 25.8 Å². The SMILES string of the molecule is COc1ccc(CCC(=O)NCC(C)(C)O)cc1. The predicted molar refractivity (Wildman–Crippen MR) is 70.6 cm³/mol. The zero-order valence-electron chi connectivity index (χ0n) is 11.2. The molecule has 100 valence electrons. The molecule has 0 aliphatic heterocycles. The number of hydrogen-bond acceptors (Lipinski definition) is 3. The Morgan fingerprint density at radius 3 is 2.44 bits per heavy atom. The number of aryl methyl sites for hydroxylation is 1. The Hall–Kier alpha value is -1.55. The summed E-state index contributed by atoms with van der Waals surface area (Å²) in [7, 11) is 1.62. The molecule has 1 rings (SSSR count). The van der Waals surface area contributed by atoms with Crippen molar-refractivity contribution in [3.05, 3.63) is 29.8 Å². The minimum atomic E-state index is -0.865. The molecule has 0 aromatic heterocycles. The molecule has 0 fully saturated rings. The number of amides is 1. The molecular weight excluding hydrogens is 230 g/mol. The number of rotatable bonds is 6. The summed E-state index contributed by atoms with van der Waals surface area (Å²) in [6.07, 6.45) is 1.10. The summed E-state index contributed by atoms with van der Waals surface area (Å²) in [6.45, 7) is 3.60. The number of carbonyl (C=O) groups is 1. The standard InChI is InChI=1S/C14H21NO3/c1-14(2,17)10-15-13(16)9-6-11-4-7-12(18-3)8-5-11/h4-5,7-8,17H,6,9-10H2,1-3H3,(H,15,16). The van der Waals surface area contributed by atoms with Gasteiger partial charge in [0.2, 0.25) is 5.91 Å². The van der Waals surface area contributed by atoms with Gasteiger partial charge in [0.05, 0.1) is 12.7 Å². The lowest BCUT2D eigenvalue weighted by Crippen LogP contribution is -2.38. The molecular formula is C14H21NO3. The first-order valence-corrected chi connectivity index (χ1v) is 6.03. The molecule has 0 heterocycles. The van der Waals surface area contributed by atoms with Gasteiger partial charge in [0, 0.05) is 13.0 Å². The maximum absolute atomic E-state index is 11.5. The summed E-state index contributed by atoms with van der Waals surface area (Å²) in [4.78, 5) is 11.5. The summed E-state index contributed by atoms with van der Waals surface area (Å²) < 4.78 is 5.06. The number of methoxy groups -OCH3 is 1. The second-order valence-electron chi connectivity index (χ2n) is 4.94. The number of aliphatic hydroxyl groups is 1. The average molecular weight is 251 g/mol. The van der Waals surface area contributed by atoms with Gasteiger partial charge >= 0.3 is 0 Å².